The number of rotatable bonds is 4. The molecule has 0 aliphatic carbocycles. The maximum atomic E-state index is 12.6. The molecule has 1 heterocycles. The van der Waals surface area contributed by atoms with E-state index in [4.69, 9.17) is 0 Å². The first-order chi connectivity index (χ1) is 11.7. The van der Waals surface area contributed by atoms with Crippen molar-refractivity contribution in [3.05, 3.63) is 65.7 Å². The molecule has 1 unspecified atom stereocenters. The Morgan fingerprint density at radius 2 is 1.71 bits per heavy atom. The van der Waals surface area contributed by atoms with E-state index in [0.29, 0.717) is 13.1 Å². The van der Waals surface area contributed by atoms with E-state index in [1.54, 1.807) is 11.8 Å². The lowest BCUT2D eigenvalue weighted by molar-refractivity contribution is 0.0462. The topological polar surface area (TPSA) is 40.5 Å². The van der Waals surface area contributed by atoms with Gasteiger partial charge in [-0.1, -0.05) is 30.3 Å². The van der Waals surface area contributed by atoms with Crippen molar-refractivity contribution in [1.82, 2.24) is 4.90 Å². The summed E-state index contributed by atoms with van der Waals surface area (Å²) in [7, 11) is 0. The number of carbonyl (C=O) groups is 1. The number of hydrogen-bond acceptors (Lipinski definition) is 3. The highest BCUT2D eigenvalue weighted by molar-refractivity contribution is 7.98. The van der Waals surface area contributed by atoms with Crippen LogP contribution in [-0.4, -0.2) is 35.3 Å². The molecule has 0 spiro atoms. The third-order valence-corrected chi connectivity index (χ3v) is 5.49. The first-order valence-corrected chi connectivity index (χ1v) is 9.58. The second kappa shape index (κ2) is 7.86. The Morgan fingerprint density at radius 3 is 2.29 bits per heavy atom. The number of hydrogen-bond donors (Lipinski definition) is 1. The SMILES string of the molecule is CSc1ccc(C(=O)N2CCC(C(O)c3ccccc3)CC2)cc1. The van der Waals surface area contributed by atoms with Crippen molar-refractivity contribution >= 4 is 17.7 Å². The lowest BCUT2D eigenvalue weighted by Crippen LogP contribution is -2.39. The van der Waals surface area contributed by atoms with Crippen molar-refractivity contribution in [2.45, 2.75) is 23.8 Å². The van der Waals surface area contributed by atoms with Crippen molar-refractivity contribution in [3.63, 3.8) is 0 Å². The zero-order valence-electron chi connectivity index (χ0n) is 13.9. The molecule has 1 amide bonds. The number of likely N-dealkylation sites (tertiary alicyclic amines) is 1. The highest BCUT2D eigenvalue weighted by Crippen LogP contribution is 2.31. The molecule has 0 radical (unpaired) electrons. The minimum absolute atomic E-state index is 0.0929. The Kier molecular flexibility index (Phi) is 5.59. The molecule has 3 rings (SSSR count). The van der Waals surface area contributed by atoms with Gasteiger partial charge in [-0.05, 0) is 54.8 Å². The van der Waals surface area contributed by atoms with Crippen molar-refractivity contribution < 1.29 is 9.90 Å². The molecule has 0 bridgehead atoms. The molecular weight excluding hydrogens is 318 g/mol. The smallest absolute Gasteiger partial charge is 0.253 e. The van der Waals surface area contributed by atoms with Crippen molar-refractivity contribution in [1.29, 1.82) is 0 Å². The summed E-state index contributed by atoms with van der Waals surface area (Å²) >= 11 is 1.67. The van der Waals surface area contributed by atoms with E-state index in [0.717, 1.165) is 28.9 Å². The minimum atomic E-state index is -0.440. The van der Waals surface area contributed by atoms with E-state index in [-0.39, 0.29) is 11.8 Å². The van der Waals surface area contributed by atoms with E-state index in [1.165, 1.54) is 0 Å². The number of benzene rings is 2. The Hall–Kier alpha value is -1.78. The van der Waals surface area contributed by atoms with Crippen LogP contribution in [0.5, 0.6) is 0 Å². The zero-order chi connectivity index (χ0) is 16.9. The third kappa shape index (κ3) is 3.82. The third-order valence-electron chi connectivity index (χ3n) is 4.75. The summed E-state index contributed by atoms with van der Waals surface area (Å²) < 4.78 is 0. The largest absolute Gasteiger partial charge is 0.388 e. The van der Waals surface area contributed by atoms with Crippen LogP contribution in [0.4, 0.5) is 0 Å². The minimum Gasteiger partial charge on any atom is -0.388 e. The molecule has 126 valence electrons. The van der Waals surface area contributed by atoms with Crippen LogP contribution in [-0.2, 0) is 0 Å². The molecule has 1 fully saturated rings. The fourth-order valence-corrected chi connectivity index (χ4v) is 3.67. The van der Waals surface area contributed by atoms with E-state index in [1.807, 2.05) is 65.8 Å². The van der Waals surface area contributed by atoms with Crippen LogP contribution in [0.1, 0.15) is 34.9 Å². The molecule has 3 nitrogen and oxygen atoms in total. The number of piperidine rings is 1. The van der Waals surface area contributed by atoms with Gasteiger partial charge in [-0.3, -0.25) is 4.79 Å². The standard InChI is InChI=1S/C20H23NO2S/c1-24-18-9-7-17(8-10-18)20(23)21-13-11-16(12-14-21)19(22)15-5-3-2-4-6-15/h2-10,16,19,22H,11-14H2,1H3. The molecule has 2 aromatic carbocycles. The highest BCUT2D eigenvalue weighted by Gasteiger charge is 2.28. The second-order valence-corrected chi connectivity index (χ2v) is 7.09. The molecule has 1 aliphatic heterocycles. The predicted octanol–water partition coefficient (Wildman–Crippen LogP) is 3.99. The summed E-state index contributed by atoms with van der Waals surface area (Å²) in [5, 5.41) is 10.5. The zero-order valence-corrected chi connectivity index (χ0v) is 14.7. The molecule has 1 aliphatic rings. The van der Waals surface area contributed by atoms with Crippen LogP contribution in [0, 0.1) is 5.92 Å². The van der Waals surface area contributed by atoms with Crippen LogP contribution in [0.25, 0.3) is 0 Å². The lowest BCUT2D eigenvalue weighted by atomic mass is 9.87. The molecule has 1 saturated heterocycles. The van der Waals surface area contributed by atoms with Crippen LogP contribution in [0.2, 0.25) is 0 Å². The van der Waals surface area contributed by atoms with E-state index < -0.39 is 6.10 Å². The summed E-state index contributed by atoms with van der Waals surface area (Å²) in [6.45, 7) is 1.41. The second-order valence-electron chi connectivity index (χ2n) is 6.21. The van der Waals surface area contributed by atoms with Crippen molar-refractivity contribution in [2.75, 3.05) is 19.3 Å². The Balaban J connectivity index is 1.59. The monoisotopic (exact) mass is 341 g/mol. The number of aliphatic hydroxyl groups excluding tert-OH is 1. The molecular formula is C20H23NO2S. The fourth-order valence-electron chi connectivity index (χ4n) is 3.26. The summed E-state index contributed by atoms with van der Waals surface area (Å²) in [5.74, 6) is 0.311. The molecule has 24 heavy (non-hydrogen) atoms. The summed E-state index contributed by atoms with van der Waals surface area (Å²) in [6, 6.07) is 17.6. The van der Waals surface area contributed by atoms with Gasteiger partial charge in [0.1, 0.15) is 0 Å². The Labute approximate surface area is 147 Å². The highest BCUT2D eigenvalue weighted by atomic mass is 32.2. The maximum Gasteiger partial charge on any atom is 0.253 e. The average molecular weight is 341 g/mol. The lowest BCUT2D eigenvalue weighted by Gasteiger charge is -2.34. The van der Waals surface area contributed by atoms with Gasteiger partial charge < -0.3 is 10.0 Å². The molecule has 0 aromatic heterocycles. The van der Waals surface area contributed by atoms with Gasteiger partial charge in [-0.2, -0.15) is 0 Å². The molecule has 2 aromatic rings. The number of aliphatic hydroxyl groups is 1. The number of nitrogens with zero attached hydrogens (tertiary/aromatic N) is 1. The summed E-state index contributed by atoms with van der Waals surface area (Å²) in [5.41, 5.74) is 1.71. The molecule has 4 heteroatoms. The average Bonchev–Trinajstić information content (AvgIpc) is 2.68. The van der Waals surface area contributed by atoms with Crippen LogP contribution < -0.4 is 0 Å². The van der Waals surface area contributed by atoms with Crippen LogP contribution in [0.15, 0.2) is 59.5 Å². The van der Waals surface area contributed by atoms with Gasteiger partial charge in [0, 0.05) is 23.5 Å². The first kappa shape index (κ1) is 17.1. The van der Waals surface area contributed by atoms with Crippen LogP contribution >= 0.6 is 11.8 Å². The van der Waals surface area contributed by atoms with Gasteiger partial charge in [-0.15, -0.1) is 11.8 Å². The van der Waals surface area contributed by atoms with Crippen molar-refractivity contribution in [3.8, 4) is 0 Å². The Bertz CT molecular complexity index is 664. The first-order valence-electron chi connectivity index (χ1n) is 8.35. The van der Waals surface area contributed by atoms with Crippen LogP contribution in [0.3, 0.4) is 0 Å². The van der Waals surface area contributed by atoms with Gasteiger partial charge in [0.2, 0.25) is 0 Å². The quantitative estimate of drug-likeness (QED) is 0.855. The predicted molar refractivity (Wildman–Crippen MR) is 98.3 cm³/mol. The van der Waals surface area contributed by atoms with E-state index in [9.17, 15) is 9.90 Å². The molecule has 0 saturated carbocycles. The fraction of sp³-hybridized carbons (Fsp3) is 0.350. The summed E-state index contributed by atoms with van der Waals surface area (Å²) in [4.78, 5) is 15.7. The number of carbonyl (C=O) groups excluding carboxylic acids is 1. The van der Waals surface area contributed by atoms with Gasteiger partial charge in [0.15, 0.2) is 0 Å². The van der Waals surface area contributed by atoms with Gasteiger partial charge in [-0.25, -0.2) is 0 Å². The molecule has 1 atom stereocenters. The molecule has 1 N–H and O–H groups in total. The van der Waals surface area contributed by atoms with E-state index in [2.05, 4.69) is 0 Å². The number of thioether (sulfide) groups is 1. The van der Waals surface area contributed by atoms with Gasteiger partial charge in [0.25, 0.3) is 5.91 Å². The summed E-state index contributed by atoms with van der Waals surface area (Å²) in [6.07, 6.45) is 3.26. The number of amides is 1. The van der Waals surface area contributed by atoms with E-state index >= 15 is 0 Å². The maximum absolute atomic E-state index is 12.6. The van der Waals surface area contributed by atoms with Crippen molar-refractivity contribution in [2.24, 2.45) is 5.92 Å². The normalized spacial score (nSPS) is 16.8. The van der Waals surface area contributed by atoms with Gasteiger partial charge in [0.05, 0.1) is 6.10 Å². The Morgan fingerprint density at radius 1 is 1.08 bits per heavy atom. The van der Waals surface area contributed by atoms with Gasteiger partial charge >= 0.3 is 0 Å².